The highest BCUT2D eigenvalue weighted by Crippen LogP contribution is 1.97. The summed E-state index contributed by atoms with van der Waals surface area (Å²) in [7, 11) is 1.95. The molecule has 11 heavy (non-hydrogen) atoms. The summed E-state index contributed by atoms with van der Waals surface area (Å²) in [5.41, 5.74) is 1.04. The maximum atomic E-state index is 4.67. The van der Waals surface area contributed by atoms with Crippen LogP contribution in [0.5, 0.6) is 0 Å². The quantitative estimate of drug-likeness (QED) is 0.702. The maximum Gasteiger partial charge on any atom is 0.124 e. The van der Waals surface area contributed by atoms with Crippen molar-refractivity contribution in [1.82, 2.24) is 10.5 Å². The van der Waals surface area contributed by atoms with Crippen LogP contribution in [0.2, 0.25) is 0 Å². The zero-order valence-corrected chi connectivity index (χ0v) is 7.36. The zero-order valence-electron chi connectivity index (χ0n) is 6.54. The van der Waals surface area contributed by atoms with Crippen molar-refractivity contribution in [3.05, 3.63) is 18.0 Å². The fourth-order valence-electron chi connectivity index (χ4n) is 0.813. The van der Waals surface area contributed by atoms with E-state index in [2.05, 4.69) is 15.0 Å². The summed E-state index contributed by atoms with van der Waals surface area (Å²) in [6.45, 7) is 1.03. The van der Waals surface area contributed by atoms with Crippen LogP contribution in [0.15, 0.2) is 16.9 Å². The first-order valence-corrected chi connectivity index (χ1v) is 3.47. The molecule has 0 aliphatic carbocycles. The number of aromatic nitrogens is 1. The average molecular weight is 177 g/mol. The van der Waals surface area contributed by atoms with Crippen molar-refractivity contribution in [3.63, 3.8) is 0 Å². The zero-order chi connectivity index (χ0) is 7.23. The van der Waals surface area contributed by atoms with E-state index in [1.807, 2.05) is 13.1 Å². The molecule has 1 heterocycles. The molecule has 0 aliphatic heterocycles. The first-order chi connectivity index (χ1) is 4.93. The average Bonchev–Trinajstić information content (AvgIpc) is 2.41. The van der Waals surface area contributed by atoms with Gasteiger partial charge in [0.05, 0.1) is 5.69 Å². The van der Waals surface area contributed by atoms with E-state index in [1.165, 1.54) is 0 Å². The Bertz CT molecular complexity index is 165. The van der Waals surface area contributed by atoms with Gasteiger partial charge in [0, 0.05) is 6.07 Å². The number of nitrogens with zero attached hydrogens (tertiary/aromatic N) is 1. The minimum Gasteiger partial charge on any atom is -0.365 e. The number of rotatable bonds is 4. The summed E-state index contributed by atoms with van der Waals surface area (Å²) < 4.78 is 4.67. The van der Waals surface area contributed by atoms with E-state index in [4.69, 9.17) is 0 Å². The molecule has 1 N–H and O–H groups in total. The van der Waals surface area contributed by atoms with Crippen LogP contribution in [0.1, 0.15) is 12.1 Å². The molecule has 0 aliphatic rings. The van der Waals surface area contributed by atoms with Crippen LogP contribution in [-0.4, -0.2) is 18.7 Å². The maximum absolute atomic E-state index is 4.67. The highest BCUT2D eigenvalue weighted by molar-refractivity contribution is 5.85. The van der Waals surface area contributed by atoms with Gasteiger partial charge in [0.15, 0.2) is 0 Å². The monoisotopic (exact) mass is 176 g/mol. The first-order valence-electron chi connectivity index (χ1n) is 3.47. The van der Waals surface area contributed by atoms with E-state index in [0.29, 0.717) is 0 Å². The Morgan fingerprint density at radius 1 is 1.64 bits per heavy atom. The molecule has 1 aromatic heterocycles. The number of halogens is 1. The Kier molecular flexibility index (Phi) is 5.88. The number of aryl methyl sites for hydroxylation is 1. The van der Waals surface area contributed by atoms with E-state index in [-0.39, 0.29) is 12.4 Å². The van der Waals surface area contributed by atoms with Crippen LogP contribution in [0, 0.1) is 0 Å². The van der Waals surface area contributed by atoms with Crippen LogP contribution in [-0.2, 0) is 6.42 Å². The van der Waals surface area contributed by atoms with E-state index in [0.717, 1.165) is 25.1 Å². The number of hydrogen-bond donors (Lipinski definition) is 1. The molecule has 0 fully saturated rings. The molecule has 0 unspecified atom stereocenters. The Hall–Kier alpha value is -0.540. The summed E-state index contributed by atoms with van der Waals surface area (Å²) in [6.07, 6.45) is 3.72. The molecule has 0 saturated heterocycles. The number of nitrogens with one attached hydrogen (secondary N) is 1. The van der Waals surface area contributed by atoms with Crippen LogP contribution in [0.25, 0.3) is 0 Å². The second-order valence-electron chi connectivity index (χ2n) is 2.20. The molecule has 0 amide bonds. The lowest BCUT2D eigenvalue weighted by Gasteiger charge is -1.93. The third-order valence-electron chi connectivity index (χ3n) is 1.35. The third kappa shape index (κ3) is 4.01. The molecule has 0 spiro atoms. The van der Waals surface area contributed by atoms with Gasteiger partial charge >= 0.3 is 0 Å². The Balaban J connectivity index is 0.000001000. The molecular weight excluding hydrogens is 164 g/mol. The highest BCUT2D eigenvalue weighted by atomic mass is 35.5. The summed E-state index contributed by atoms with van der Waals surface area (Å²) in [5, 5.41) is 6.86. The molecule has 0 bridgehead atoms. The van der Waals surface area contributed by atoms with Gasteiger partial charge < -0.3 is 9.84 Å². The topological polar surface area (TPSA) is 38.1 Å². The predicted octanol–water partition coefficient (Wildman–Crippen LogP) is 1.25. The molecule has 3 nitrogen and oxygen atoms in total. The highest BCUT2D eigenvalue weighted by Gasteiger charge is 1.93. The van der Waals surface area contributed by atoms with Gasteiger partial charge in [-0.05, 0) is 26.4 Å². The number of hydrogen-bond acceptors (Lipinski definition) is 3. The largest absolute Gasteiger partial charge is 0.365 e. The Morgan fingerprint density at radius 3 is 3.00 bits per heavy atom. The van der Waals surface area contributed by atoms with Gasteiger partial charge in [0.2, 0.25) is 0 Å². The van der Waals surface area contributed by atoms with Crippen LogP contribution >= 0.6 is 12.4 Å². The van der Waals surface area contributed by atoms with Gasteiger partial charge in [0.1, 0.15) is 6.26 Å². The van der Waals surface area contributed by atoms with Crippen LogP contribution in [0.4, 0.5) is 0 Å². The van der Waals surface area contributed by atoms with Gasteiger partial charge in [-0.25, -0.2) is 0 Å². The molecule has 64 valence electrons. The van der Waals surface area contributed by atoms with Gasteiger partial charge in [-0.3, -0.25) is 0 Å². The molecule has 0 radical (unpaired) electrons. The molecular formula is C7H13ClN2O. The second-order valence-corrected chi connectivity index (χ2v) is 2.20. The predicted molar refractivity (Wildman–Crippen MR) is 46.0 cm³/mol. The normalized spacial score (nSPS) is 9.18. The van der Waals surface area contributed by atoms with Crippen molar-refractivity contribution in [1.29, 1.82) is 0 Å². The van der Waals surface area contributed by atoms with E-state index >= 15 is 0 Å². The minimum atomic E-state index is 0. The summed E-state index contributed by atoms with van der Waals surface area (Å²) >= 11 is 0. The molecule has 0 saturated carbocycles. The SMILES string of the molecule is CNCCCc1ccon1.Cl. The Morgan fingerprint density at radius 2 is 2.45 bits per heavy atom. The van der Waals surface area contributed by atoms with E-state index < -0.39 is 0 Å². The Labute approximate surface area is 72.6 Å². The van der Waals surface area contributed by atoms with E-state index in [9.17, 15) is 0 Å². The lowest BCUT2D eigenvalue weighted by molar-refractivity contribution is 0.410. The lowest BCUT2D eigenvalue weighted by atomic mass is 10.2. The molecule has 4 heteroatoms. The molecule has 0 atom stereocenters. The van der Waals surface area contributed by atoms with Gasteiger partial charge in [0.25, 0.3) is 0 Å². The molecule has 1 aromatic rings. The fourth-order valence-corrected chi connectivity index (χ4v) is 0.813. The minimum absolute atomic E-state index is 0. The standard InChI is InChI=1S/C7H12N2O.ClH/c1-8-5-2-3-7-4-6-10-9-7;/h4,6,8H,2-3,5H2,1H3;1H. The van der Waals surface area contributed by atoms with E-state index in [1.54, 1.807) is 6.26 Å². The first kappa shape index (κ1) is 10.5. The van der Waals surface area contributed by atoms with Crippen molar-refractivity contribution in [3.8, 4) is 0 Å². The van der Waals surface area contributed by atoms with Crippen molar-refractivity contribution >= 4 is 12.4 Å². The second kappa shape index (κ2) is 6.19. The van der Waals surface area contributed by atoms with Crippen molar-refractivity contribution in [2.45, 2.75) is 12.8 Å². The summed E-state index contributed by atoms with van der Waals surface area (Å²) in [6, 6.07) is 1.90. The molecule has 0 aromatic carbocycles. The van der Waals surface area contributed by atoms with Gasteiger partial charge in [-0.2, -0.15) is 0 Å². The lowest BCUT2D eigenvalue weighted by Crippen LogP contribution is -2.08. The van der Waals surface area contributed by atoms with Crippen molar-refractivity contribution < 1.29 is 4.52 Å². The fraction of sp³-hybridized carbons (Fsp3) is 0.571. The van der Waals surface area contributed by atoms with Gasteiger partial charge in [-0.15, -0.1) is 12.4 Å². The van der Waals surface area contributed by atoms with Crippen LogP contribution in [0.3, 0.4) is 0 Å². The smallest absolute Gasteiger partial charge is 0.124 e. The summed E-state index contributed by atoms with van der Waals surface area (Å²) in [5.74, 6) is 0. The van der Waals surface area contributed by atoms with Gasteiger partial charge in [-0.1, -0.05) is 5.16 Å². The third-order valence-corrected chi connectivity index (χ3v) is 1.35. The molecule has 1 rings (SSSR count). The van der Waals surface area contributed by atoms with Crippen LogP contribution < -0.4 is 5.32 Å². The summed E-state index contributed by atoms with van der Waals surface area (Å²) in [4.78, 5) is 0. The van der Waals surface area contributed by atoms with Crippen molar-refractivity contribution in [2.24, 2.45) is 0 Å². The van der Waals surface area contributed by atoms with Crippen molar-refractivity contribution in [2.75, 3.05) is 13.6 Å².